The number of nitrogens with zero attached hydrogens (tertiary/aromatic N) is 4. The van der Waals surface area contributed by atoms with Crippen LogP contribution in [0.25, 0.3) is 0 Å². The Hall–Kier alpha value is -1.48. The molecule has 144 valence electrons. The molecular weight excluding hydrogens is 356 g/mol. The van der Waals surface area contributed by atoms with Gasteiger partial charge in [-0.3, -0.25) is 4.79 Å². The summed E-state index contributed by atoms with van der Waals surface area (Å²) < 4.78 is 32.5. The van der Waals surface area contributed by atoms with Crippen LogP contribution in [0.3, 0.4) is 0 Å². The minimum Gasteiger partial charge on any atom is -0.341 e. The fourth-order valence-electron chi connectivity index (χ4n) is 4.24. The topological polar surface area (TPSA) is 96.6 Å². The molecule has 0 N–H and O–H groups in total. The van der Waals surface area contributed by atoms with Crippen LogP contribution in [0.15, 0.2) is 4.52 Å². The van der Waals surface area contributed by atoms with E-state index in [1.54, 1.807) is 11.2 Å². The zero-order chi connectivity index (χ0) is 18.5. The van der Waals surface area contributed by atoms with E-state index in [1.807, 2.05) is 11.8 Å². The van der Waals surface area contributed by atoms with Crippen LogP contribution in [0.5, 0.6) is 0 Å². The van der Waals surface area contributed by atoms with Gasteiger partial charge in [0.1, 0.15) is 0 Å². The number of amides is 1. The van der Waals surface area contributed by atoms with Gasteiger partial charge in [0.15, 0.2) is 5.82 Å². The molecule has 0 bridgehead atoms. The fourth-order valence-corrected chi connectivity index (χ4v) is 5.99. The molecule has 0 unspecified atom stereocenters. The molecule has 1 aromatic heterocycles. The molecule has 2 aliphatic heterocycles. The van der Waals surface area contributed by atoms with Gasteiger partial charge >= 0.3 is 0 Å². The van der Waals surface area contributed by atoms with E-state index in [0.29, 0.717) is 44.3 Å². The third-order valence-electron chi connectivity index (χ3n) is 5.92. The number of carbonyl (C=O) groups excluding carboxylic acids is 1. The minimum absolute atomic E-state index is 0.00134. The number of fused-ring (bicyclic) bond motifs is 1. The molecule has 1 aromatic rings. The average Bonchev–Trinajstić information content (AvgIpc) is 3.08. The average molecular weight is 382 g/mol. The highest BCUT2D eigenvalue weighted by atomic mass is 32.2. The van der Waals surface area contributed by atoms with Gasteiger partial charge in [-0.25, -0.2) is 12.7 Å². The van der Waals surface area contributed by atoms with Gasteiger partial charge in [0, 0.05) is 38.0 Å². The summed E-state index contributed by atoms with van der Waals surface area (Å²) in [6, 6.07) is 0. The lowest BCUT2D eigenvalue weighted by atomic mass is 9.81. The SMILES string of the molecule is CCCCS(=O)(=O)N1C[C@H]2CN(C(=O)C3CC3)C[C@@]2(c2nc(C)no2)C1. The van der Waals surface area contributed by atoms with Crippen LogP contribution in [0.1, 0.15) is 44.3 Å². The molecule has 0 radical (unpaired) electrons. The first-order valence-corrected chi connectivity index (χ1v) is 11.0. The van der Waals surface area contributed by atoms with Crippen molar-refractivity contribution >= 4 is 15.9 Å². The van der Waals surface area contributed by atoms with Crippen LogP contribution >= 0.6 is 0 Å². The number of rotatable bonds is 6. The Bertz CT molecular complexity index is 803. The van der Waals surface area contributed by atoms with Gasteiger partial charge in [-0.1, -0.05) is 18.5 Å². The molecule has 1 amide bonds. The number of unbranched alkanes of at least 4 members (excludes halogenated alkanes) is 1. The van der Waals surface area contributed by atoms with Crippen LogP contribution in [0, 0.1) is 18.8 Å². The lowest BCUT2D eigenvalue weighted by Gasteiger charge is -2.26. The molecule has 1 saturated carbocycles. The quantitative estimate of drug-likeness (QED) is 0.726. The molecule has 0 spiro atoms. The summed E-state index contributed by atoms with van der Waals surface area (Å²) in [5, 5.41) is 3.91. The summed E-state index contributed by atoms with van der Waals surface area (Å²) in [5.41, 5.74) is -0.578. The molecule has 3 fully saturated rings. The third-order valence-corrected chi connectivity index (χ3v) is 7.79. The third kappa shape index (κ3) is 2.94. The summed E-state index contributed by atoms with van der Waals surface area (Å²) in [6.07, 6.45) is 3.42. The Labute approximate surface area is 154 Å². The molecule has 4 rings (SSSR count). The maximum absolute atomic E-state index is 12.7. The smallest absolute Gasteiger partial charge is 0.236 e. The molecule has 0 aromatic carbocycles. The molecule has 26 heavy (non-hydrogen) atoms. The van der Waals surface area contributed by atoms with Crippen LogP contribution in [0.2, 0.25) is 0 Å². The van der Waals surface area contributed by atoms with E-state index < -0.39 is 15.4 Å². The standard InChI is InChI=1S/C17H26N4O4S/c1-3-4-7-26(23,24)21-9-14-8-20(15(22)13-5-6-13)10-17(14,11-21)16-18-12(2)19-25-16/h13-14H,3-11H2,1-2H3/t14-,17-/m1/s1. The molecule has 3 heterocycles. The number of carbonyl (C=O) groups is 1. The molecule has 9 heteroatoms. The van der Waals surface area contributed by atoms with E-state index in [4.69, 9.17) is 4.52 Å². The fraction of sp³-hybridized carbons (Fsp3) is 0.824. The van der Waals surface area contributed by atoms with Crippen molar-refractivity contribution < 1.29 is 17.7 Å². The summed E-state index contributed by atoms with van der Waals surface area (Å²) in [4.78, 5) is 18.9. The van der Waals surface area contributed by atoms with Crippen molar-refractivity contribution in [3.63, 3.8) is 0 Å². The molecular formula is C17H26N4O4S. The summed E-state index contributed by atoms with van der Waals surface area (Å²) in [6.45, 7) is 5.51. The number of aromatic nitrogens is 2. The van der Waals surface area contributed by atoms with Crippen LogP contribution < -0.4 is 0 Å². The van der Waals surface area contributed by atoms with Crippen molar-refractivity contribution in [1.29, 1.82) is 0 Å². The number of aryl methyl sites for hydroxylation is 1. The second-order valence-electron chi connectivity index (χ2n) is 7.95. The highest BCUT2D eigenvalue weighted by Gasteiger charge is 2.60. The van der Waals surface area contributed by atoms with Gasteiger partial charge in [0.25, 0.3) is 0 Å². The zero-order valence-corrected chi connectivity index (χ0v) is 16.2. The van der Waals surface area contributed by atoms with Crippen molar-refractivity contribution in [2.24, 2.45) is 11.8 Å². The minimum atomic E-state index is -3.31. The van der Waals surface area contributed by atoms with Crippen LogP contribution in [0.4, 0.5) is 0 Å². The first-order valence-electron chi connectivity index (χ1n) is 9.43. The number of sulfonamides is 1. The van der Waals surface area contributed by atoms with Crippen molar-refractivity contribution in [3.8, 4) is 0 Å². The van der Waals surface area contributed by atoms with E-state index >= 15 is 0 Å². The van der Waals surface area contributed by atoms with Gasteiger partial charge in [0.05, 0.1) is 11.2 Å². The first-order chi connectivity index (χ1) is 12.4. The molecule has 2 saturated heterocycles. The predicted octanol–water partition coefficient (Wildman–Crippen LogP) is 0.930. The van der Waals surface area contributed by atoms with Crippen molar-refractivity contribution in [1.82, 2.24) is 19.3 Å². The van der Waals surface area contributed by atoms with Gasteiger partial charge in [0.2, 0.25) is 21.8 Å². The van der Waals surface area contributed by atoms with E-state index in [-0.39, 0.29) is 23.5 Å². The normalized spacial score (nSPS) is 29.3. The van der Waals surface area contributed by atoms with Gasteiger partial charge in [-0.05, 0) is 26.2 Å². The van der Waals surface area contributed by atoms with Gasteiger partial charge < -0.3 is 9.42 Å². The highest BCUT2D eigenvalue weighted by Crippen LogP contribution is 2.46. The van der Waals surface area contributed by atoms with E-state index in [1.165, 1.54) is 0 Å². The monoisotopic (exact) mass is 382 g/mol. The molecule has 8 nitrogen and oxygen atoms in total. The Balaban J connectivity index is 1.61. The maximum atomic E-state index is 12.7. The number of hydrogen-bond donors (Lipinski definition) is 0. The van der Waals surface area contributed by atoms with Crippen LogP contribution in [-0.4, -0.2) is 65.6 Å². The highest BCUT2D eigenvalue weighted by molar-refractivity contribution is 7.89. The van der Waals surface area contributed by atoms with E-state index in [2.05, 4.69) is 10.1 Å². The molecule has 1 aliphatic carbocycles. The summed E-state index contributed by atoms with van der Waals surface area (Å²) >= 11 is 0. The maximum Gasteiger partial charge on any atom is 0.236 e. The second-order valence-corrected chi connectivity index (χ2v) is 10.0. The van der Waals surface area contributed by atoms with Crippen LogP contribution in [-0.2, 0) is 20.2 Å². The lowest BCUT2D eigenvalue weighted by Crippen LogP contribution is -2.42. The van der Waals surface area contributed by atoms with Gasteiger partial charge in [-0.15, -0.1) is 0 Å². The predicted molar refractivity (Wildman–Crippen MR) is 93.8 cm³/mol. The van der Waals surface area contributed by atoms with E-state index in [0.717, 1.165) is 19.3 Å². The Morgan fingerprint density at radius 3 is 2.69 bits per heavy atom. The second kappa shape index (κ2) is 6.30. The van der Waals surface area contributed by atoms with Crippen molar-refractivity contribution in [2.75, 3.05) is 31.9 Å². The Morgan fingerprint density at radius 2 is 2.08 bits per heavy atom. The van der Waals surface area contributed by atoms with E-state index in [9.17, 15) is 13.2 Å². The van der Waals surface area contributed by atoms with Gasteiger partial charge in [-0.2, -0.15) is 4.98 Å². The molecule has 2 atom stereocenters. The lowest BCUT2D eigenvalue weighted by molar-refractivity contribution is -0.131. The summed E-state index contributed by atoms with van der Waals surface area (Å²) in [5.74, 6) is 1.52. The Morgan fingerprint density at radius 1 is 1.31 bits per heavy atom. The molecule has 3 aliphatic rings. The zero-order valence-electron chi connectivity index (χ0n) is 15.3. The summed E-state index contributed by atoms with van der Waals surface area (Å²) in [7, 11) is -3.31. The van der Waals surface area contributed by atoms with Crippen molar-refractivity contribution in [2.45, 2.75) is 44.9 Å². The number of likely N-dealkylation sites (tertiary alicyclic amines) is 1. The number of hydrogen-bond acceptors (Lipinski definition) is 6. The first kappa shape index (κ1) is 17.9. The Kier molecular flexibility index (Phi) is 4.34. The largest absolute Gasteiger partial charge is 0.341 e. The van der Waals surface area contributed by atoms with Crippen molar-refractivity contribution in [3.05, 3.63) is 11.7 Å².